The van der Waals surface area contributed by atoms with Gasteiger partial charge in [-0.25, -0.2) is 0 Å². The molecule has 0 bridgehead atoms. The van der Waals surface area contributed by atoms with E-state index in [0.29, 0.717) is 0 Å². The number of guanidine groups is 1. The Hall–Kier alpha value is -1.31. The maximum absolute atomic E-state index is 12.0. The van der Waals surface area contributed by atoms with Crippen molar-refractivity contribution in [3.8, 4) is 0 Å². The number of carbonyl (C=O) groups is 1. The van der Waals surface area contributed by atoms with Gasteiger partial charge in [0.05, 0.1) is 0 Å². The maximum atomic E-state index is 12.0. The molecule has 0 saturated carbocycles. The fraction of sp³-hybridized carbons (Fsp3) is 0.556. The number of hydrogen-bond acceptors (Lipinski definition) is 2. The number of hydrogen-bond donors (Lipinski definition) is 1. The van der Waals surface area contributed by atoms with Crippen LogP contribution in [0.25, 0.3) is 0 Å². The Morgan fingerprint density at radius 2 is 1.96 bits per heavy atom. The molecule has 0 spiro atoms. The van der Waals surface area contributed by atoms with Crippen molar-refractivity contribution in [1.82, 2.24) is 15.1 Å². The highest BCUT2D eigenvalue weighted by Gasteiger charge is 2.08. The number of unbranched alkanes of at least 4 members (excludes halogenated alkanes) is 1. The first-order valence-electron chi connectivity index (χ1n) is 8.22. The molecule has 1 amide bonds. The van der Waals surface area contributed by atoms with Crippen molar-refractivity contribution in [3.05, 3.63) is 35.4 Å². The van der Waals surface area contributed by atoms with Crippen molar-refractivity contribution in [1.29, 1.82) is 0 Å². The number of aliphatic imine (C=N–C) groups is 1. The largest absolute Gasteiger partial charge is 0.356 e. The Bertz CT molecular complexity index is 532. The van der Waals surface area contributed by atoms with Crippen LogP contribution in [-0.2, 0) is 6.42 Å². The van der Waals surface area contributed by atoms with E-state index in [-0.39, 0.29) is 29.9 Å². The van der Waals surface area contributed by atoms with E-state index < -0.39 is 0 Å². The number of rotatable bonds is 7. The number of halogens is 1. The third kappa shape index (κ3) is 7.51. The first kappa shape index (κ1) is 22.7. The molecule has 1 N–H and O–H groups in total. The van der Waals surface area contributed by atoms with Crippen LogP contribution in [0.3, 0.4) is 0 Å². The molecule has 0 radical (unpaired) electrons. The Morgan fingerprint density at radius 3 is 2.54 bits per heavy atom. The van der Waals surface area contributed by atoms with Crippen LogP contribution in [0.2, 0.25) is 0 Å². The van der Waals surface area contributed by atoms with E-state index in [1.165, 1.54) is 6.42 Å². The van der Waals surface area contributed by atoms with Crippen LogP contribution < -0.4 is 5.32 Å². The summed E-state index contributed by atoms with van der Waals surface area (Å²) >= 11 is 0. The molecule has 1 aromatic rings. The predicted octanol–water partition coefficient (Wildman–Crippen LogP) is 2.86. The molecule has 0 aliphatic carbocycles. The van der Waals surface area contributed by atoms with E-state index in [9.17, 15) is 4.79 Å². The van der Waals surface area contributed by atoms with Gasteiger partial charge in [0, 0.05) is 46.8 Å². The van der Waals surface area contributed by atoms with Crippen molar-refractivity contribution >= 4 is 35.8 Å². The molecule has 1 rings (SSSR count). The summed E-state index contributed by atoms with van der Waals surface area (Å²) in [6.07, 6.45) is 3.19. The topological polar surface area (TPSA) is 47.9 Å². The Kier molecular flexibility index (Phi) is 11.4. The van der Waals surface area contributed by atoms with Gasteiger partial charge in [0.15, 0.2) is 5.96 Å². The average Bonchev–Trinajstić information content (AvgIpc) is 2.56. The van der Waals surface area contributed by atoms with Crippen LogP contribution in [0.1, 0.15) is 35.7 Å². The van der Waals surface area contributed by atoms with Gasteiger partial charge >= 0.3 is 0 Å². The van der Waals surface area contributed by atoms with Gasteiger partial charge in [-0.15, -0.1) is 24.0 Å². The summed E-state index contributed by atoms with van der Waals surface area (Å²) in [5.74, 6) is 0.953. The second-order valence-electron chi connectivity index (χ2n) is 5.90. The minimum atomic E-state index is 0. The van der Waals surface area contributed by atoms with Crippen LogP contribution in [0, 0.1) is 0 Å². The lowest BCUT2D eigenvalue weighted by atomic mass is 10.1. The zero-order chi connectivity index (χ0) is 17.2. The SMILES string of the molecule is CCCCN(C)C(=NC)NCCc1cccc(C(=O)N(C)C)c1.I. The van der Waals surface area contributed by atoms with E-state index in [2.05, 4.69) is 35.2 Å². The van der Waals surface area contributed by atoms with E-state index in [0.717, 1.165) is 43.0 Å². The molecule has 136 valence electrons. The van der Waals surface area contributed by atoms with Crippen LogP contribution >= 0.6 is 24.0 Å². The normalized spacial score (nSPS) is 10.8. The third-order valence-corrected chi connectivity index (χ3v) is 3.70. The van der Waals surface area contributed by atoms with Gasteiger partial charge in [-0.3, -0.25) is 9.79 Å². The van der Waals surface area contributed by atoms with Gasteiger partial charge in [-0.05, 0) is 30.5 Å². The molecular weight excluding hydrogens is 415 g/mol. The quantitative estimate of drug-likeness (QED) is 0.398. The van der Waals surface area contributed by atoms with Crippen LogP contribution in [0.4, 0.5) is 0 Å². The highest BCUT2D eigenvalue weighted by Crippen LogP contribution is 2.07. The number of amides is 1. The minimum absolute atomic E-state index is 0. The molecule has 0 atom stereocenters. The summed E-state index contributed by atoms with van der Waals surface area (Å²) in [6, 6.07) is 7.82. The Balaban J connectivity index is 0.00000529. The van der Waals surface area contributed by atoms with E-state index in [1.54, 1.807) is 26.0 Å². The third-order valence-electron chi connectivity index (χ3n) is 3.70. The average molecular weight is 446 g/mol. The monoisotopic (exact) mass is 446 g/mol. The molecule has 0 unspecified atom stereocenters. The molecule has 0 fully saturated rings. The van der Waals surface area contributed by atoms with E-state index in [1.807, 2.05) is 18.2 Å². The standard InChI is InChI=1S/C18H30N4O.HI/c1-6-7-13-22(5)18(19-2)20-12-11-15-9-8-10-16(14-15)17(23)21(3)4;/h8-10,14H,6-7,11-13H2,1-5H3,(H,19,20);1H. The van der Waals surface area contributed by atoms with Gasteiger partial charge < -0.3 is 15.1 Å². The van der Waals surface area contributed by atoms with Crippen molar-refractivity contribution in [2.75, 3.05) is 41.3 Å². The highest BCUT2D eigenvalue weighted by atomic mass is 127. The molecule has 0 saturated heterocycles. The molecule has 1 aromatic carbocycles. The summed E-state index contributed by atoms with van der Waals surface area (Å²) in [6.45, 7) is 3.98. The second-order valence-corrected chi connectivity index (χ2v) is 5.90. The molecule has 0 aromatic heterocycles. The summed E-state index contributed by atoms with van der Waals surface area (Å²) in [7, 11) is 7.40. The lowest BCUT2D eigenvalue weighted by Gasteiger charge is -2.21. The van der Waals surface area contributed by atoms with Crippen molar-refractivity contribution in [2.24, 2.45) is 4.99 Å². The van der Waals surface area contributed by atoms with Crippen LogP contribution in [0.5, 0.6) is 0 Å². The van der Waals surface area contributed by atoms with Gasteiger partial charge in [0.1, 0.15) is 0 Å². The maximum Gasteiger partial charge on any atom is 0.253 e. The molecule has 0 heterocycles. The van der Waals surface area contributed by atoms with E-state index in [4.69, 9.17) is 0 Å². The second kappa shape index (κ2) is 12.1. The summed E-state index contributed by atoms with van der Waals surface area (Å²) in [4.78, 5) is 20.1. The van der Waals surface area contributed by atoms with Crippen LogP contribution in [-0.4, -0.2) is 62.9 Å². The number of nitrogens with one attached hydrogen (secondary N) is 1. The first-order valence-corrected chi connectivity index (χ1v) is 8.22. The molecule has 5 nitrogen and oxygen atoms in total. The minimum Gasteiger partial charge on any atom is -0.356 e. The van der Waals surface area contributed by atoms with Crippen molar-refractivity contribution < 1.29 is 4.79 Å². The van der Waals surface area contributed by atoms with Crippen LogP contribution in [0.15, 0.2) is 29.3 Å². The number of nitrogens with zero attached hydrogens (tertiary/aromatic N) is 3. The molecule has 0 aliphatic rings. The smallest absolute Gasteiger partial charge is 0.253 e. The Labute approximate surface area is 163 Å². The zero-order valence-corrected chi connectivity index (χ0v) is 17.8. The van der Waals surface area contributed by atoms with Gasteiger partial charge in [-0.1, -0.05) is 25.5 Å². The molecule has 0 aliphatic heterocycles. The molecule has 6 heteroatoms. The number of benzene rings is 1. The summed E-state index contributed by atoms with van der Waals surface area (Å²) in [5, 5.41) is 3.38. The molecular formula is C18H31IN4O. The zero-order valence-electron chi connectivity index (χ0n) is 15.5. The fourth-order valence-electron chi connectivity index (χ4n) is 2.32. The summed E-state index contributed by atoms with van der Waals surface area (Å²) < 4.78 is 0. The van der Waals surface area contributed by atoms with Gasteiger partial charge in [-0.2, -0.15) is 0 Å². The lowest BCUT2D eigenvalue weighted by molar-refractivity contribution is 0.0827. The van der Waals surface area contributed by atoms with Crippen molar-refractivity contribution in [2.45, 2.75) is 26.2 Å². The lowest BCUT2D eigenvalue weighted by Crippen LogP contribution is -2.40. The summed E-state index contributed by atoms with van der Waals surface area (Å²) in [5.41, 5.74) is 1.88. The van der Waals surface area contributed by atoms with E-state index >= 15 is 0 Å². The Morgan fingerprint density at radius 1 is 1.25 bits per heavy atom. The fourth-order valence-corrected chi connectivity index (χ4v) is 2.32. The predicted molar refractivity (Wildman–Crippen MR) is 112 cm³/mol. The van der Waals surface area contributed by atoms with Gasteiger partial charge in [0.2, 0.25) is 0 Å². The van der Waals surface area contributed by atoms with Gasteiger partial charge in [0.25, 0.3) is 5.91 Å². The van der Waals surface area contributed by atoms with Crippen molar-refractivity contribution in [3.63, 3.8) is 0 Å². The highest BCUT2D eigenvalue weighted by molar-refractivity contribution is 14.0. The number of carbonyl (C=O) groups excluding carboxylic acids is 1. The molecule has 24 heavy (non-hydrogen) atoms. The first-order chi connectivity index (χ1) is 11.0.